The van der Waals surface area contributed by atoms with Gasteiger partial charge in [-0.25, -0.2) is 4.68 Å². The van der Waals surface area contributed by atoms with Crippen LogP contribution in [0.1, 0.15) is 39.8 Å². The SMILES string of the molecule is CCc1c(C(=O)NCc2ccc3c(c2)CNC3)nnn1-c1cccc(Cl)c1. The average Bonchev–Trinajstić information content (AvgIpc) is 3.32. The molecule has 1 aromatic heterocycles. The molecule has 1 aliphatic heterocycles. The number of benzene rings is 2. The van der Waals surface area contributed by atoms with Gasteiger partial charge in [-0.05, 0) is 41.3 Å². The molecule has 27 heavy (non-hydrogen) atoms. The maximum atomic E-state index is 12.7. The molecule has 0 atom stereocenters. The zero-order valence-electron chi connectivity index (χ0n) is 15.0. The lowest BCUT2D eigenvalue weighted by molar-refractivity contribution is 0.0945. The number of halogens is 1. The van der Waals surface area contributed by atoms with Crippen molar-refractivity contribution < 1.29 is 4.79 Å². The molecule has 0 unspecified atom stereocenters. The first-order valence-corrected chi connectivity index (χ1v) is 9.33. The summed E-state index contributed by atoms with van der Waals surface area (Å²) in [4.78, 5) is 12.7. The van der Waals surface area contributed by atoms with Crippen LogP contribution in [0.15, 0.2) is 42.5 Å². The fraction of sp³-hybridized carbons (Fsp3) is 0.250. The Kier molecular flexibility index (Phi) is 4.92. The van der Waals surface area contributed by atoms with Crippen molar-refractivity contribution >= 4 is 17.5 Å². The van der Waals surface area contributed by atoms with Crippen LogP contribution in [-0.4, -0.2) is 20.9 Å². The summed E-state index contributed by atoms with van der Waals surface area (Å²) in [5, 5.41) is 15.2. The second-order valence-electron chi connectivity index (χ2n) is 6.52. The minimum Gasteiger partial charge on any atom is -0.347 e. The van der Waals surface area contributed by atoms with E-state index >= 15 is 0 Å². The average molecular weight is 382 g/mol. The lowest BCUT2D eigenvalue weighted by Crippen LogP contribution is -2.24. The minimum atomic E-state index is -0.223. The molecule has 6 nitrogen and oxygen atoms in total. The number of hydrogen-bond acceptors (Lipinski definition) is 4. The predicted octanol–water partition coefficient (Wildman–Crippen LogP) is 3.02. The summed E-state index contributed by atoms with van der Waals surface area (Å²) in [6, 6.07) is 13.6. The van der Waals surface area contributed by atoms with Crippen LogP contribution in [0.25, 0.3) is 5.69 Å². The molecular weight excluding hydrogens is 362 g/mol. The van der Waals surface area contributed by atoms with Crippen LogP contribution in [0.3, 0.4) is 0 Å². The van der Waals surface area contributed by atoms with Crippen LogP contribution in [0.2, 0.25) is 5.02 Å². The molecule has 2 aromatic carbocycles. The molecule has 3 aromatic rings. The molecule has 0 radical (unpaired) electrons. The van der Waals surface area contributed by atoms with E-state index in [9.17, 15) is 4.79 Å². The molecule has 0 fully saturated rings. The number of carbonyl (C=O) groups excluding carboxylic acids is 1. The number of amides is 1. The van der Waals surface area contributed by atoms with E-state index in [0.717, 1.165) is 30.0 Å². The highest BCUT2D eigenvalue weighted by Gasteiger charge is 2.19. The summed E-state index contributed by atoms with van der Waals surface area (Å²) >= 11 is 6.07. The topological polar surface area (TPSA) is 71.8 Å². The molecule has 7 heteroatoms. The predicted molar refractivity (Wildman–Crippen MR) is 104 cm³/mol. The Morgan fingerprint density at radius 3 is 2.89 bits per heavy atom. The van der Waals surface area contributed by atoms with Crippen LogP contribution >= 0.6 is 11.6 Å². The number of carbonyl (C=O) groups is 1. The molecule has 2 heterocycles. The van der Waals surface area contributed by atoms with Gasteiger partial charge in [-0.1, -0.05) is 48.0 Å². The molecule has 0 spiro atoms. The zero-order valence-corrected chi connectivity index (χ0v) is 15.8. The number of hydrogen-bond donors (Lipinski definition) is 2. The molecule has 0 aliphatic carbocycles. The standard InChI is InChI=1S/C20H20ClN5O/c1-2-18-19(24-25-26(18)17-5-3-4-16(21)9-17)20(27)23-10-13-6-7-14-11-22-12-15(14)8-13/h3-9,22H,2,10-12H2,1H3,(H,23,27). The van der Waals surface area contributed by atoms with E-state index < -0.39 is 0 Å². The Morgan fingerprint density at radius 2 is 2.07 bits per heavy atom. The summed E-state index contributed by atoms with van der Waals surface area (Å²) < 4.78 is 1.67. The van der Waals surface area contributed by atoms with E-state index in [-0.39, 0.29) is 5.91 Å². The van der Waals surface area contributed by atoms with Crippen molar-refractivity contribution in [3.63, 3.8) is 0 Å². The van der Waals surface area contributed by atoms with Gasteiger partial charge in [0.1, 0.15) is 0 Å². The molecule has 0 saturated heterocycles. The maximum Gasteiger partial charge on any atom is 0.274 e. The fourth-order valence-electron chi connectivity index (χ4n) is 3.33. The Hall–Kier alpha value is -2.70. The quantitative estimate of drug-likeness (QED) is 0.712. The van der Waals surface area contributed by atoms with Crippen molar-refractivity contribution in [3.05, 3.63) is 75.6 Å². The van der Waals surface area contributed by atoms with Crippen molar-refractivity contribution in [2.45, 2.75) is 33.0 Å². The molecule has 4 rings (SSSR count). The van der Waals surface area contributed by atoms with Gasteiger partial charge >= 0.3 is 0 Å². The number of nitrogens with zero attached hydrogens (tertiary/aromatic N) is 3. The van der Waals surface area contributed by atoms with Crippen LogP contribution < -0.4 is 10.6 Å². The lowest BCUT2D eigenvalue weighted by atomic mass is 10.1. The third kappa shape index (κ3) is 3.59. The van der Waals surface area contributed by atoms with Gasteiger partial charge in [0.25, 0.3) is 5.91 Å². The molecule has 0 bridgehead atoms. The highest BCUT2D eigenvalue weighted by atomic mass is 35.5. The van der Waals surface area contributed by atoms with Gasteiger partial charge in [-0.15, -0.1) is 5.10 Å². The first-order valence-electron chi connectivity index (χ1n) is 8.96. The summed E-state index contributed by atoms with van der Waals surface area (Å²) in [5.41, 5.74) is 5.59. The normalized spacial score (nSPS) is 12.8. The van der Waals surface area contributed by atoms with Gasteiger partial charge in [-0.2, -0.15) is 0 Å². The van der Waals surface area contributed by atoms with E-state index in [2.05, 4.69) is 39.1 Å². The van der Waals surface area contributed by atoms with Crippen LogP contribution in [0.4, 0.5) is 0 Å². The Balaban J connectivity index is 1.52. The smallest absolute Gasteiger partial charge is 0.274 e. The highest BCUT2D eigenvalue weighted by molar-refractivity contribution is 6.30. The number of nitrogens with one attached hydrogen (secondary N) is 2. The molecule has 1 aliphatic rings. The van der Waals surface area contributed by atoms with E-state index in [1.807, 2.05) is 19.1 Å². The van der Waals surface area contributed by atoms with E-state index in [0.29, 0.717) is 23.7 Å². The van der Waals surface area contributed by atoms with Crippen molar-refractivity contribution in [3.8, 4) is 5.69 Å². The molecule has 1 amide bonds. The highest BCUT2D eigenvalue weighted by Crippen LogP contribution is 2.19. The number of fused-ring (bicyclic) bond motifs is 1. The van der Waals surface area contributed by atoms with E-state index in [1.54, 1.807) is 16.8 Å². The van der Waals surface area contributed by atoms with Gasteiger partial charge in [0.2, 0.25) is 0 Å². The first kappa shape index (κ1) is 17.7. The van der Waals surface area contributed by atoms with Crippen molar-refractivity contribution in [1.82, 2.24) is 25.6 Å². The Bertz CT molecular complexity index is 998. The van der Waals surface area contributed by atoms with E-state index in [1.165, 1.54) is 11.1 Å². The summed E-state index contributed by atoms with van der Waals surface area (Å²) in [6.07, 6.45) is 0.632. The van der Waals surface area contributed by atoms with E-state index in [4.69, 9.17) is 11.6 Å². The molecule has 2 N–H and O–H groups in total. The second-order valence-corrected chi connectivity index (χ2v) is 6.96. The van der Waals surface area contributed by atoms with Gasteiger partial charge in [-0.3, -0.25) is 4.79 Å². The molecule has 0 saturated carbocycles. The van der Waals surface area contributed by atoms with Gasteiger partial charge in [0.05, 0.1) is 11.4 Å². The molecular formula is C20H20ClN5O. The minimum absolute atomic E-state index is 0.223. The maximum absolute atomic E-state index is 12.7. The summed E-state index contributed by atoms with van der Waals surface area (Å²) in [5.74, 6) is -0.223. The van der Waals surface area contributed by atoms with Gasteiger partial charge in [0, 0.05) is 24.7 Å². The summed E-state index contributed by atoms with van der Waals surface area (Å²) in [6.45, 7) is 4.23. The van der Waals surface area contributed by atoms with Crippen LogP contribution in [0.5, 0.6) is 0 Å². The molecule has 138 valence electrons. The number of rotatable bonds is 5. The number of aromatic nitrogens is 3. The third-order valence-corrected chi connectivity index (χ3v) is 4.96. The van der Waals surface area contributed by atoms with Crippen molar-refractivity contribution in [2.24, 2.45) is 0 Å². The Labute approximate surface area is 162 Å². The second kappa shape index (κ2) is 7.50. The monoisotopic (exact) mass is 381 g/mol. The third-order valence-electron chi connectivity index (χ3n) is 4.72. The Morgan fingerprint density at radius 1 is 1.22 bits per heavy atom. The van der Waals surface area contributed by atoms with Crippen LogP contribution in [-0.2, 0) is 26.1 Å². The van der Waals surface area contributed by atoms with Gasteiger partial charge in [0.15, 0.2) is 5.69 Å². The fourth-order valence-corrected chi connectivity index (χ4v) is 3.52. The van der Waals surface area contributed by atoms with Crippen molar-refractivity contribution in [2.75, 3.05) is 0 Å². The first-order chi connectivity index (χ1) is 13.2. The summed E-state index contributed by atoms with van der Waals surface area (Å²) in [7, 11) is 0. The zero-order chi connectivity index (χ0) is 18.8. The van der Waals surface area contributed by atoms with Gasteiger partial charge < -0.3 is 10.6 Å². The van der Waals surface area contributed by atoms with Crippen LogP contribution in [0, 0.1) is 0 Å². The van der Waals surface area contributed by atoms with Crippen molar-refractivity contribution in [1.29, 1.82) is 0 Å². The lowest BCUT2D eigenvalue weighted by Gasteiger charge is -2.08. The largest absolute Gasteiger partial charge is 0.347 e.